The standard InChI is InChI=1S/C26H28N2O2.BrH/c1-26(2)22-15-8-9-16-23(22)28(20-12-4-7-18-25(29)30)24(26)17-10-11-19-27-21-13-5-3-6-14-21;/h3,5-6,8-11,13-17,19-20H,4,7,12,18H2,1-2H3;1H/p+1. The van der Waals surface area contributed by atoms with E-state index in [4.69, 9.17) is 5.11 Å². The van der Waals surface area contributed by atoms with Crippen molar-refractivity contribution in [1.82, 2.24) is 0 Å². The summed E-state index contributed by atoms with van der Waals surface area (Å²) in [5, 5.41) is 8.83. The fourth-order valence-corrected chi connectivity index (χ4v) is 3.79. The first-order valence-electron chi connectivity index (χ1n) is 10.5. The molecule has 162 valence electrons. The predicted molar refractivity (Wildman–Crippen MR) is 122 cm³/mol. The number of halogens is 1. The number of hydrogen-bond acceptors (Lipinski definition) is 1. The fourth-order valence-electron chi connectivity index (χ4n) is 3.79. The largest absolute Gasteiger partial charge is 1.00 e. The second kappa shape index (κ2) is 11.6. The molecule has 0 bridgehead atoms. The SMILES string of the molecule is CC1(C)C(=CC=CC=[NH+]c2ccccc2)[N+](=CCCCCC(=O)O)c2ccccc21.[Br-]. The van der Waals surface area contributed by atoms with Crippen molar-refractivity contribution < 1.29 is 36.5 Å². The highest BCUT2D eigenvalue weighted by Gasteiger charge is 2.45. The fraction of sp³-hybridized carbons (Fsp3) is 0.269. The Morgan fingerprint density at radius 3 is 2.48 bits per heavy atom. The first-order chi connectivity index (χ1) is 14.5. The van der Waals surface area contributed by atoms with Gasteiger partial charge in [0.15, 0.2) is 18.1 Å². The maximum Gasteiger partial charge on any atom is 0.303 e. The third kappa shape index (κ3) is 6.34. The number of para-hydroxylation sites is 2. The molecule has 1 heterocycles. The summed E-state index contributed by atoms with van der Waals surface area (Å²) >= 11 is 0. The molecule has 0 unspecified atom stereocenters. The molecule has 0 fully saturated rings. The number of rotatable bonds is 8. The lowest BCUT2D eigenvalue weighted by molar-refractivity contribution is -0.378. The van der Waals surface area contributed by atoms with Crippen LogP contribution in [0.5, 0.6) is 0 Å². The Labute approximate surface area is 195 Å². The van der Waals surface area contributed by atoms with Crippen LogP contribution in [-0.2, 0) is 10.2 Å². The van der Waals surface area contributed by atoms with Crippen LogP contribution >= 0.6 is 0 Å². The highest BCUT2D eigenvalue weighted by atomic mass is 79.9. The van der Waals surface area contributed by atoms with E-state index in [0.29, 0.717) is 6.42 Å². The van der Waals surface area contributed by atoms with Crippen molar-refractivity contribution in [2.24, 2.45) is 0 Å². The number of carboxylic acid groups (broad SMARTS) is 1. The first kappa shape index (κ1) is 24.5. The van der Waals surface area contributed by atoms with E-state index in [9.17, 15) is 4.79 Å². The summed E-state index contributed by atoms with van der Waals surface area (Å²) < 4.78 is 2.27. The van der Waals surface area contributed by atoms with E-state index in [1.54, 1.807) is 0 Å². The van der Waals surface area contributed by atoms with Gasteiger partial charge in [0.1, 0.15) is 0 Å². The number of fused-ring (bicyclic) bond motifs is 1. The average molecular weight is 482 g/mol. The van der Waals surface area contributed by atoms with Gasteiger partial charge >= 0.3 is 5.97 Å². The maximum absolute atomic E-state index is 10.7. The monoisotopic (exact) mass is 481 g/mol. The summed E-state index contributed by atoms with van der Waals surface area (Å²) in [6.45, 7) is 4.49. The molecule has 0 atom stereocenters. The lowest BCUT2D eigenvalue weighted by atomic mass is 9.84. The van der Waals surface area contributed by atoms with Crippen molar-refractivity contribution in [1.29, 1.82) is 0 Å². The predicted octanol–water partition coefficient (Wildman–Crippen LogP) is 1.26. The topological polar surface area (TPSA) is 54.3 Å². The molecular weight excluding hydrogens is 452 g/mol. The molecule has 0 saturated heterocycles. The highest BCUT2D eigenvalue weighted by Crippen LogP contribution is 2.46. The van der Waals surface area contributed by atoms with Gasteiger partial charge in [-0.05, 0) is 26.7 Å². The van der Waals surface area contributed by atoms with Crippen LogP contribution in [0.25, 0.3) is 0 Å². The van der Waals surface area contributed by atoms with Gasteiger partial charge in [0.2, 0.25) is 11.4 Å². The lowest BCUT2D eigenvalue weighted by Crippen LogP contribution is -3.00. The summed E-state index contributed by atoms with van der Waals surface area (Å²) in [5.41, 5.74) is 4.67. The molecule has 2 aromatic carbocycles. The molecule has 0 radical (unpaired) electrons. The second-order valence-corrected chi connectivity index (χ2v) is 7.95. The Morgan fingerprint density at radius 1 is 1.03 bits per heavy atom. The molecule has 3 rings (SSSR count). The third-order valence-corrected chi connectivity index (χ3v) is 5.38. The van der Waals surface area contributed by atoms with Crippen molar-refractivity contribution in [3.05, 3.63) is 84.1 Å². The molecule has 0 spiro atoms. The Balaban J connectivity index is 0.00000341. The van der Waals surface area contributed by atoms with E-state index >= 15 is 0 Å². The number of nitrogens with one attached hydrogen (secondary N) is 1. The Morgan fingerprint density at radius 2 is 1.74 bits per heavy atom. The number of carbonyl (C=O) groups is 1. The lowest BCUT2D eigenvalue weighted by Gasteiger charge is -2.14. The molecule has 0 amide bonds. The number of unbranched alkanes of at least 4 members (excludes halogenated alkanes) is 2. The normalized spacial score (nSPS) is 17.4. The molecule has 1 aliphatic rings. The van der Waals surface area contributed by atoms with E-state index in [1.807, 2.05) is 42.6 Å². The Hall–Kier alpha value is -2.79. The molecular formula is C26H30BrN2O2+. The minimum Gasteiger partial charge on any atom is -1.00 e. The molecule has 5 heteroatoms. The number of hydrogen-bond donors (Lipinski definition) is 2. The number of nitrogens with zero attached hydrogens (tertiary/aromatic N) is 1. The number of benzene rings is 2. The second-order valence-electron chi connectivity index (χ2n) is 7.95. The van der Waals surface area contributed by atoms with Crippen LogP contribution in [0.15, 0.2) is 78.5 Å². The summed E-state index contributed by atoms with van der Waals surface area (Å²) in [5.74, 6) is -0.728. The van der Waals surface area contributed by atoms with Gasteiger partial charge in [0.25, 0.3) is 0 Å². The molecule has 2 aromatic rings. The van der Waals surface area contributed by atoms with Crippen LogP contribution in [0.4, 0.5) is 11.4 Å². The van der Waals surface area contributed by atoms with Crippen molar-refractivity contribution >= 4 is 29.8 Å². The highest BCUT2D eigenvalue weighted by molar-refractivity contribution is 5.68. The average Bonchev–Trinajstić information content (AvgIpc) is 2.95. The molecule has 4 nitrogen and oxygen atoms in total. The molecule has 1 aliphatic heterocycles. The van der Waals surface area contributed by atoms with Crippen LogP contribution in [0.3, 0.4) is 0 Å². The summed E-state index contributed by atoms with van der Waals surface area (Å²) in [6, 6.07) is 18.6. The van der Waals surface area contributed by atoms with Crippen LogP contribution in [0.1, 0.15) is 45.1 Å². The van der Waals surface area contributed by atoms with Crippen LogP contribution in [-0.4, -0.2) is 28.1 Å². The van der Waals surface area contributed by atoms with Crippen LogP contribution in [0, 0.1) is 0 Å². The van der Waals surface area contributed by atoms with E-state index in [0.717, 1.165) is 18.5 Å². The molecule has 0 aliphatic carbocycles. The Kier molecular flexibility index (Phi) is 9.13. The third-order valence-electron chi connectivity index (χ3n) is 5.38. The van der Waals surface area contributed by atoms with Gasteiger partial charge in [-0.3, -0.25) is 4.79 Å². The zero-order valence-electron chi connectivity index (χ0n) is 18.1. The zero-order chi connectivity index (χ0) is 21.4. The zero-order valence-corrected chi connectivity index (χ0v) is 19.7. The van der Waals surface area contributed by atoms with Gasteiger partial charge in [0, 0.05) is 48.8 Å². The minimum absolute atomic E-state index is 0. The van der Waals surface area contributed by atoms with Crippen molar-refractivity contribution in [3.8, 4) is 0 Å². The first-order valence-corrected chi connectivity index (χ1v) is 10.5. The van der Waals surface area contributed by atoms with Gasteiger partial charge in [-0.2, -0.15) is 4.58 Å². The molecule has 31 heavy (non-hydrogen) atoms. The van der Waals surface area contributed by atoms with Gasteiger partial charge in [-0.25, -0.2) is 4.99 Å². The van der Waals surface area contributed by atoms with E-state index < -0.39 is 5.97 Å². The maximum atomic E-state index is 10.7. The van der Waals surface area contributed by atoms with Crippen LogP contribution in [0.2, 0.25) is 0 Å². The summed E-state index contributed by atoms with van der Waals surface area (Å²) in [6.07, 6.45) is 13.0. The number of allylic oxidation sites excluding steroid dienone is 4. The number of carboxylic acids is 1. The molecule has 0 saturated carbocycles. The van der Waals surface area contributed by atoms with Gasteiger partial charge in [-0.15, -0.1) is 0 Å². The van der Waals surface area contributed by atoms with E-state index in [1.165, 1.54) is 16.9 Å². The quantitative estimate of drug-likeness (QED) is 0.338. The van der Waals surface area contributed by atoms with Crippen molar-refractivity contribution in [3.63, 3.8) is 0 Å². The van der Waals surface area contributed by atoms with Crippen molar-refractivity contribution in [2.45, 2.75) is 44.9 Å². The van der Waals surface area contributed by atoms with E-state index in [-0.39, 0.29) is 28.8 Å². The van der Waals surface area contributed by atoms with Crippen molar-refractivity contribution in [2.75, 3.05) is 0 Å². The van der Waals surface area contributed by atoms with Gasteiger partial charge in [-0.1, -0.05) is 42.5 Å². The minimum atomic E-state index is -0.728. The van der Waals surface area contributed by atoms with Gasteiger partial charge in [0.05, 0.1) is 5.41 Å². The molecule has 0 aromatic heterocycles. The summed E-state index contributed by atoms with van der Waals surface area (Å²) in [4.78, 5) is 14.0. The van der Waals surface area contributed by atoms with E-state index in [2.05, 4.69) is 66.0 Å². The smallest absolute Gasteiger partial charge is 0.303 e. The summed E-state index contributed by atoms with van der Waals surface area (Å²) in [7, 11) is 0. The van der Waals surface area contributed by atoms with Gasteiger partial charge < -0.3 is 22.1 Å². The molecule has 2 N–H and O–H groups in total. The number of aliphatic carboxylic acids is 1. The van der Waals surface area contributed by atoms with Crippen LogP contribution < -0.4 is 22.0 Å². The Bertz CT molecular complexity index is 1010.